The van der Waals surface area contributed by atoms with Crippen LogP contribution in [0.5, 0.6) is 0 Å². The van der Waals surface area contributed by atoms with Crippen molar-refractivity contribution in [2.75, 3.05) is 0 Å². The number of aromatic nitrogens is 2. The first-order valence-corrected chi connectivity index (χ1v) is 8.92. The number of carboxylic acid groups (broad SMARTS) is 1. The number of thiazole rings is 1. The molecule has 3 heterocycles. The van der Waals surface area contributed by atoms with Crippen LogP contribution in [0.3, 0.4) is 0 Å². The fourth-order valence-corrected chi connectivity index (χ4v) is 4.23. The Kier molecular flexibility index (Phi) is 3.84. The van der Waals surface area contributed by atoms with Crippen molar-refractivity contribution >= 4 is 50.5 Å². The van der Waals surface area contributed by atoms with Gasteiger partial charge in [-0.15, -0.1) is 22.7 Å². The summed E-state index contributed by atoms with van der Waals surface area (Å²) in [5.41, 5.74) is 1.15. The summed E-state index contributed by atoms with van der Waals surface area (Å²) in [6.07, 6.45) is -0.334. The lowest BCUT2D eigenvalue weighted by atomic mass is 10.2. The molecular weight excluding hydrogens is 368 g/mol. The first-order chi connectivity index (χ1) is 11.6. The Morgan fingerprint density at radius 2 is 2.00 bits per heavy atom. The van der Waals surface area contributed by atoms with Crippen LogP contribution in [0.15, 0.2) is 40.8 Å². The summed E-state index contributed by atoms with van der Waals surface area (Å²) in [6, 6.07) is 11.2. The second-order valence-corrected chi connectivity index (χ2v) is 7.68. The zero-order valence-corrected chi connectivity index (χ0v) is 14.4. The molecule has 0 radical (unpaired) electrons. The minimum absolute atomic E-state index is 0.298. The normalized spacial score (nSPS) is 11.2. The van der Waals surface area contributed by atoms with Crippen LogP contribution in [0.2, 0.25) is 4.34 Å². The van der Waals surface area contributed by atoms with E-state index in [1.807, 2.05) is 24.3 Å². The van der Waals surface area contributed by atoms with Gasteiger partial charge in [-0.2, -0.15) is 0 Å². The molecule has 0 saturated carbocycles. The maximum Gasteiger partial charge on any atom is 0.256 e. The van der Waals surface area contributed by atoms with E-state index in [-0.39, 0.29) is 6.42 Å². The van der Waals surface area contributed by atoms with Gasteiger partial charge in [-0.1, -0.05) is 23.7 Å². The molecule has 4 aromatic rings. The molecule has 0 saturated heterocycles. The number of carboxylic acids is 1. The molecule has 120 valence electrons. The predicted octanol–water partition coefficient (Wildman–Crippen LogP) is 3.63. The maximum absolute atomic E-state index is 11.0. The summed E-state index contributed by atoms with van der Waals surface area (Å²) < 4.78 is 7.42. The number of rotatable bonds is 4. The smallest absolute Gasteiger partial charge is 0.256 e. The highest BCUT2D eigenvalue weighted by atomic mass is 35.5. The van der Waals surface area contributed by atoms with Gasteiger partial charge < -0.3 is 14.3 Å². The van der Waals surface area contributed by atoms with Crippen molar-refractivity contribution in [1.29, 1.82) is 0 Å². The Bertz CT molecular complexity index is 1020. The van der Waals surface area contributed by atoms with Gasteiger partial charge in [0.05, 0.1) is 25.1 Å². The highest BCUT2D eigenvalue weighted by Gasteiger charge is 2.20. The van der Waals surface area contributed by atoms with Gasteiger partial charge in [-0.3, -0.25) is 0 Å². The van der Waals surface area contributed by atoms with Gasteiger partial charge in [0.2, 0.25) is 0 Å². The summed E-state index contributed by atoms with van der Waals surface area (Å²) in [4.78, 5) is 20.6. The van der Waals surface area contributed by atoms with Crippen molar-refractivity contribution in [2.24, 2.45) is 0 Å². The monoisotopic (exact) mass is 375 g/mol. The van der Waals surface area contributed by atoms with Crippen LogP contribution in [0, 0.1) is 0 Å². The Morgan fingerprint density at radius 1 is 1.17 bits per heavy atom. The van der Waals surface area contributed by atoms with Crippen molar-refractivity contribution in [3.8, 4) is 21.5 Å². The van der Waals surface area contributed by atoms with E-state index in [1.54, 1.807) is 12.1 Å². The van der Waals surface area contributed by atoms with E-state index >= 15 is 0 Å². The van der Waals surface area contributed by atoms with Gasteiger partial charge in [-0.05, 0) is 24.3 Å². The van der Waals surface area contributed by atoms with Gasteiger partial charge >= 0.3 is 0 Å². The lowest BCUT2D eigenvalue weighted by Gasteiger charge is -1.99. The minimum Gasteiger partial charge on any atom is -0.550 e. The van der Waals surface area contributed by atoms with Crippen LogP contribution in [0.1, 0.15) is 5.69 Å². The third-order valence-corrected chi connectivity index (χ3v) is 5.54. The van der Waals surface area contributed by atoms with E-state index in [1.165, 1.54) is 22.7 Å². The lowest BCUT2D eigenvalue weighted by molar-refractivity contribution is -0.304. The molecule has 0 fully saturated rings. The number of aliphatic carboxylic acids is 1. The van der Waals surface area contributed by atoms with Gasteiger partial charge in [0.15, 0.2) is 10.8 Å². The van der Waals surface area contributed by atoms with Crippen molar-refractivity contribution in [3.05, 3.63) is 46.4 Å². The molecule has 1 aromatic carbocycles. The van der Waals surface area contributed by atoms with E-state index in [0.717, 1.165) is 15.1 Å². The molecule has 3 aromatic heterocycles. The van der Waals surface area contributed by atoms with Crippen molar-refractivity contribution in [1.82, 2.24) is 9.97 Å². The molecule has 0 N–H and O–H groups in total. The van der Waals surface area contributed by atoms with Crippen LogP contribution in [0.25, 0.3) is 31.8 Å². The zero-order chi connectivity index (χ0) is 16.7. The van der Waals surface area contributed by atoms with Gasteiger partial charge in [-0.25, -0.2) is 9.97 Å². The third kappa shape index (κ3) is 2.82. The first kappa shape index (κ1) is 15.3. The van der Waals surface area contributed by atoms with Gasteiger partial charge in [0.25, 0.3) is 5.89 Å². The number of hydrogen-bond acceptors (Lipinski definition) is 7. The number of hydrogen-bond donors (Lipinski definition) is 0. The summed E-state index contributed by atoms with van der Waals surface area (Å²) in [6.45, 7) is 0. The Morgan fingerprint density at radius 3 is 2.71 bits per heavy atom. The number of thiophene rings is 1. The Labute approximate surface area is 149 Å². The fourth-order valence-electron chi connectivity index (χ4n) is 2.29. The molecule has 5 nitrogen and oxygen atoms in total. The standard InChI is InChI=1S/C16H9ClN2O3S2/c17-12-6-5-11(23-12)14-9(7-13(20)21)18-15(22-14)16-19-8-3-1-2-4-10(8)24-16/h1-6H,7H2,(H,20,21)/p-1. The quantitative estimate of drug-likeness (QED) is 0.544. The molecule has 0 aliphatic heterocycles. The molecular formula is C16H8ClN2O3S2-. The summed E-state index contributed by atoms with van der Waals surface area (Å²) >= 11 is 8.70. The SMILES string of the molecule is O=C([O-])Cc1nc(-c2nc3ccccc3s2)oc1-c1ccc(Cl)s1. The molecule has 0 amide bonds. The number of nitrogens with zero attached hydrogens (tertiary/aromatic N) is 2. The fraction of sp³-hybridized carbons (Fsp3) is 0.0625. The van der Waals surface area contributed by atoms with E-state index in [2.05, 4.69) is 9.97 Å². The van der Waals surface area contributed by atoms with Crippen molar-refractivity contribution < 1.29 is 14.3 Å². The van der Waals surface area contributed by atoms with Gasteiger partial charge in [0, 0.05) is 12.4 Å². The predicted molar refractivity (Wildman–Crippen MR) is 92.2 cm³/mol. The zero-order valence-electron chi connectivity index (χ0n) is 12.0. The number of fused-ring (bicyclic) bond motifs is 1. The minimum atomic E-state index is -1.22. The number of halogens is 1. The maximum atomic E-state index is 11.0. The highest BCUT2D eigenvalue weighted by Crippen LogP contribution is 2.37. The molecule has 0 unspecified atom stereocenters. The van der Waals surface area contributed by atoms with E-state index in [9.17, 15) is 9.90 Å². The van der Waals surface area contributed by atoms with Crippen molar-refractivity contribution in [2.45, 2.75) is 6.42 Å². The third-order valence-electron chi connectivity index (χ3n) is 3.28. The van der Waals surface area contributed by atoms with Crippen LogP contribution in [0.4, 0.5) is 0 Å². The molecule has 0 bridgehead atoms. The molecule has 0 spiro atoms. The average molecular weight is 376 g/mol. The van der Waals surface area contributed by atoms with Crippen LogP contribution in [-0.4, -0.2) is 15.9 Å². The lowest BCUT2D eigenvalue weighted by Crippen LogP contribution is -2.24. The number of benzene rings is 1. The van der Waals surface area contributed by atoms with Crippen LogP contribution >= 0.6 is 34.3 Å². The van der Waals surface area contributed by atoms with Crippen LogP contribution in [-0.2, 0) is 11.2 Å². The van der Waals surface area contributed by atoms with E-state index in [4.69, 9.17) is 16.0 Å². The van der Waals surface area contributed by atoms with Crippen LogP contribution < -0.4 is 5.11 Å². The summed E-state index contributed by atoms with van der Waals surface area (Å²) in [5.74, 6) is -0.527. The molecule has 0 atom stereocenters. The molecule has 8 heteroatoms. The Balaban J connectivity index is 1.84. The second-order valence-electron chi connectivity index (χ2n) is 4.93. The van der Waals surface area contributed by atoms with E-state index in [0.29, 0.717) is 26.7 Å². The summed E-state index contributed by atoms with van der Waals surface area (Å²) in [5, 5.41) is 11.6. The molecule has 24 heavy (non-hydrogen) atoms. The number of oxazole rings is 1. The first-order valence-electron chi connectivity index (χ1n) is 6.91. The number of carbonyl (C=O) groups is 1. The molecule has 4 rings (SSSR count). The summed E-state index contributed by atoms with van der Waals surface area (Å²) in [7, 11) is 0. The largest absolute Gasteiger partial charge is 0.550 e. The van der Waals surface area contributed by atoms with Crippen molar-refractivity contribution in [3.63, 3.8) is 0 Å². The molecule has 0 aliphatic carbocycles. The number of carbonyl (C=O) groups excluding carboxylic acids is 1. The topological polar surface area (TPSA) is 79.0 Å². The van der Waals surface area contributed by atoms with Gasteiger partial charge in [0.1, 0.15) is 0 Å². The molecule has 0 aliphatic rings. The van der Waals surface area contributed by atoms with E-state index < -0.39 is 5.97 Å². The highest BCUT2D eigenvalue weighted by molar-refractivity contribution is 7.21. The number of para-hydroxylation sites is 1. The Hall–Kier alpha value is -2.22. The average Bonchev–Trinajstić information content (AvgIpc) is 3.23. The second kappa shape index (κ2) is 6.01.